The molecule has 0 fully saturated rings. The lowest BCUT2D eigenvalue weighted by atomic mass is 10.3. The molecule has 0 saturated carbocycles. The molecule has 1 rings (SSSR count). The molecule has 0 saturated heterocycles. The van der Waals surface area contributed by atoms with Crippen LogP contribution in [0.15, 0.2) is 23.4 Å². The Kier molecular flexibility index (Phi) is 5.95. The Morgan fingerprint density at radius 3 is 2.61 bits per heavy atom. The first kappa shape index (κ1) is 15.3. The average Bonchev–Trinajstić information content (AvgIpc) is 2.33. The van der Waals surface area contributed by atoms with Gasteiger partial charge in [-0.15, -0.1) is 11.8 Å². The third-order valence-electron chi connectivity index (χ3n) is 2.52. The Labute approximate surface area is 109 Å². The number of hydrogen-bond donors (Lipinski definition) is 1. The van der Waals surface area contributed by atoms with E-state index in [2.05, 4.69) is 24.1 Å². The third kappa shape index (κ3) is 5.27. The van der Waals surface area contributed by atoms with Gasteiger partial charge < -0.3 is 5.32 Å². The summed E-state index contributed by atoms with van der Waals surface area (Å²) in [6.45, 7) is 5.02. The van der Waals surface area contributed by atoms with Crippen LogP contribution in [0.4, 0.5) is 13.2 Å². The van der Waals surface area contributed by atoms with E-state index in [9.17, 15) is 13.2 Å². The van der Waals surface area contributed by atoms with Gasteiger partial charge in [0.05, 0.1) is 10.6 Å². The fourth-order valence-corrected chi connectivity index (χ4v) is 1.96. The summed E-state index contributed by atoms with van der Waals surface area (Å²) in [7, 11) is 0. The van der Waals surface area contributed by atoms with E-state index in [0.29, 0.717) is 11.1 Å². The number of rotatable bonds is 6. The van der Waals surface area contributed by atoms with Crippen LogP contribution in [0.1, 0.15) is 25.8 Å². The minimum absolute atomic E-state index is 0.464. The fraction of sp³-hybridized carbons (Fsp3) is 0.583. The predicted molar refractivity (Wildman–Crippen MR) is 67.7 cm³/mol. The largest absolute Gasteiger partial charge is 0.417 e. The normalized spacial score (nSPS) is 13.6. The molecule has 0 spiro atoms. The number of aromatic nitrogens is 1. The van der Waals surface area contributed by atoms with Gasteiger partial charge in [-0.3, -0.25) is 0 Å². The molecule has 1 atom stereocenters. The molecule has 0 aliphatic carbocycles. The van der Waals surface area contributed by atoms with Crippen molar-refractivity contribution in [2.45, 2.75) is 37.5 Å². The summed E-state index contributed by atoms with van der Waals surface area (Å²) >= 11 is 1.45. The smallest absolute Gasteiger partial charge is 0.313 e. The van der Waals surface area contributed by atoms with E-state index in [0.717, 1.165) is 31.0 Å². The summed E-state index contributed by atoms with van der Waals surface area (Å²) in [5, 5.41) is 3.93. The summed E-state index contributed by atoms with van der Waals surface area (Å²) in [6, 6.07) is 2.94. The van der Waals surface area contributed by atoms with Crippen molar-refractivity contribution in [3.05, 3.63) is 23.9 Å². The third-order valence-corrected chi connectivity index (χ3v) is 3.47. The molecular weight excluding hydrogens is 261 g/mol. The molecule has 1 heterocycles. The van der Waals surface area contributed by atoms with E-state index < -0.39 is 11.7 Å². The Morgan fingerprint density at radius 2 is 2.11 bits per heavy atom. The quantitative estimate of drug-likeness (QED) is 0.636. The average molecular weight is 278 g/mol. The van der Waals surface area contributed by atoms with Crippen LogP contribution in [-0.4, -0.2) is 23.3 Å². The number of pyridine rings is 1. The maximum absolute atomic E-state index is 12.3. The number of hydrogen-bond acceptors (Lipinski definition) is 3. The van der Waals surface area contributed by atoms with E-state index in [1.807, 2.05) is 0 Å². The van der Waals surface area contributed by atoms with Crippen LogP contribution in [-0.2, 0) is 6.18 Å². The molecule has 0 aliphatic rings. The number of nitrogens with zero attached hydrogens (tertiary/aromatic N) is 1. The molecule has 1 unspecified atom stereocenters. The summed E-state index contributed by atoms with van der Waals surface area (Å²) in [5.41, 5.74) is -0.704. The van der Waals surface area contributed by atoms with Crippen LogP contribution in [0.25, 0.3) is 0 Å². The minimum atomic E-state index is -4.31. The van der Waals surface area contributed by atoms with Gasteiger partial charge in [-0.1, -0.05) is 6.92 Å². The Balaban J connectivity index is 2.36. The number of thioether (sulfide) groups is 1. The first-order chi connectivity index (χ1) is 8.43. The first-order valence-corrected chi connectivity index (χ1v) is 6.81. The molecule has 1 N–H and O–H groups in total. The highest BCUT2D eigenvalue weighted by Gasteiger charge is 2.30. The lowest BCUT2D eigenvalue weighted by Gasteiger charge is -2.10. The highest BCUT2D eigenvalue weighted by atomic mass is 32.2. The van der Waals surface area contributed by atoms with Crippen LogP contribution < -0.4 is 5.32 Å². The summed E-state index contributed by atoms with van der Waals surface area (Å²) < 4.78 is 36.9. The zero-order valence-corrected chi connectivity index (χ0v) is 11.2. The minimum Gasteiger partial charge on any atom is -0.313 e. The molecule has 1 aromatic rings. The molecule has 1 aromatic heterocycles. The number of halogens is 3. The second-order valence-corrected chi connectivity index (χ2v) is 5.11. The lowest BCUT2D eigenvalue weighted by Crippen LogP contribution is -2.27. The molecular formula is C12H17F3N2S. The molecule has 0 aliphatic heterocycles. The molecule has 18 heavy (non-hydrogen) atoms. The standard InChI is InChI=1S/C12H17F3N2S/c1-3-9(2)16-6-7-18-11-5-4-10(8-17-11)12(13,14)15/h4-5,8-9,16H,3,6-7H2,1-2H3. The van der Waals surface area contributed by atoms with Crippen LogP contribution in [0.2, 0.25) is 0 Å². The van der Waals surface area contributed by atoms with Crippen LogP contribution in [0.5, 0.6) is 0 Å². The van der Waals surface area contributed by atoms with Gasteiger partial charge in [0, 0.05) is 24.5 Å². The Morgan fingerprint density at radius 1 is 1.39 bits per heavy atom. The van der Waals surface area contributed by atoms with Crippen molar-refractivity contribution in [2.24, 2.45) is 0 Å². The van der Waals surface area contributed by atoms with Gasteiger partial charge in [0.1, 0.15) is 0 Å². The van der Waals surface area contributed by atoms with Crippen molar-refractivity contribution in [1.82, 2.24) is 10.3 Å². The molecule has 102 valence electrons. The van der Waals surface area contributed by atoms with E-state index in [-0.39, 0.29) is 0 Å². The molecule has 0 bridgehead atoms. The van der Waals surface area contributed by atoms with Crippen molar-refractivity contribution in [3.8, 4) is 0 Å². The zero-order chi connectivity index (χ0) is 13.6. The predicted octanol–water partition coefficient (Wildman–Crippen LogP) is 3.58. The van der Waals surface area contributed by atoms with Gasteiger partial charge in [0.25, 0.3) is 0 Å². The van der Waals surface area contributed by atoms with Gasteiger partial charge in [0.15, 0.2) is 0 Å². The van der Waals surface area contributed by atoms with E-state index in [1.165, 1.54) is 17.8 Å². The molecule has 6 heteroatoms. The van der Waals surface area contributed by atoms with Crippen LogP contribution in [0, 0.1) is 0 Å². The van der Waals surface area contributed by atoms with Gasteiger partial charge in [0.2, 0.25) is 0 Å². The van der Waals surface area contributed by atoms with E-state index in [1.54, 1.807) is 0 Å². The van der Waals surface area contributed by atoms with Gasteiger partial charge in [-0.2, -0.15) is 13.2 Å². The van der Waals surface area contributed by atoms with Crippen molar-refractivity contribution in [1.29, 1.82) is 0 Å². The second-order valence-electron chi connectivity index (χ2n) is 3.99. The molecule has 0 amide bonds. The highest BCUT2D eigenvalue weighted by molar-refractivity contribution is 7.99. The van der Waals surface area contributed by atoms with Crippen molar-refractivity contribution in [2.75, 3.05) is 12.3 Å². The molecule has 2 nitrogen and oxygen atoms in total. The van der Waals surface area contributed by atoms with Crippen molar-refractivity contribution >= 4 is 11.8 Å². The van der Waals surface area contributed by atoms with E-state index >= 15 is 0 Å². The maximum Gasteiger partial charge on any atom is 0.417 e. The molecule has 0 radical (unpaired) electrons. The Bertz CT molecular complexity index is 351. The van der Waals surface area contributed by atoms with Gasteiger partial charge in [-0.05, 0) is 25.5 Å². The fourth-order valence-electron chi connectivity index (χ4n) is 1.24. The SMILES string of the molecule is CCC(C)NCCSc1ccc(C(F)(F)F)cn1. The first-order valence-electron chi connectivity index (χ1n) is 5.83. The zero-order valence-electron chi connectivity index (χ0n) is 10.4. The highest BCUT2D eigenvalue weighted by Crippen LogP contribution is 2.29. The Hall–Kier alpha value is -0.750. The second kappa shape index (κ2) is 6.99. The number of nitrogens with one attached hydrogen (secondary N) is 1. The number of alkyl halides is 3. The van der Waals surface area contributed by atoms with Crippen LogP contribution >= 0.6 is 11.8 Å². The molecule has 0 aromatic carbocycles. The topological polar surface area (TPSA) is 24.9 Å². The lowest BCUT2D eigenvalue weighted by molar-refractivity contribution is -0.137. The van der Waals surface area contributed by atoms with E-state index in [4.69, 9.17) is 0 Å². The summed E-state index contributed by atoms with van der Waals surface area (Å²) in [6.07, 6.45) is -2.37. The maximum atomic E-state index is 12.3. The van der Waals surface area contributed by atoms with Crippen molar-refractivity contribution in [3.63, 3.8) is 0 Å². The summed E-state index contributed by atoms with van der Waals surface area (Å²) in [5.74, 6) is 0.794. The van der Waals surface area contributed by atoms with Gasteiger partial charge >= 0.3 is 6.18 Å². The van der Waals surface area contributed by atoms with Crippen molar-refractivity contribution < 1.29 is 13.2 Å². The van der Waals surface area contributed by atoms with Gasteiger partial charge in [-0.25, -0.2) is 4.98 Å². The monoisotopic (exact) mass is 278 g/mol. The van der Waals surface area contributed by atoms with Crippen LogP contribution in [0.3, 0.4) is 0 Å². The summed E-state index contributed by atoms with van der Waals surface area (Å²) in [4.78, 5) is 3.80.